The Bertz CT molecular complexity index is 1710. The molecule has 204 valence electrons. The molecule has 3 heterocycles. The van der Waals surface area contributed by atoms with Crippen LogP contribution >= 0.6 is 0 Å². The molecule has 0 unspecified atom stereocenters. The predicted molar refractivity (Wildman–Crippen MR) is 149 cm³/mol. The highest BCUT2D eigenvalue weighted by molar-refractivity contribution is 5.83. The highest BCUT2D eigenvalue weighted by Crippen LogP contribution is 2.30. The number of hydrogen-bond acceptors (Lipinski definition) is 6. The minimum atomic E-state index is -0.513. The summed E-state index contributed by atoms with van der Waals surface area (Å²) in [6, 6.07) is 18.2. The summed E-state index contributed by atoms with van der Waals surface area (Å²) in [6.45, 7) is 7.00. The third-order valence-electron chi connectivity index (χ3n) is 7.80. The smallest absolute Gasteiger partial charge is 0.253 e. The van der Waals surface area contributed by atoms with Gasteiger partial charge in [0.15, 0.2) is 5.82 Å². The van der Waals surface area contributed by atoms with E-state index >= 15 is 0 Å². The lowest BCUT2D eigenvalue weighted by atomic mass is 9.99. The van der Waals surface area contributed by atoms with Crippen molar-refractivity contribution in [1.82, 2.24) is 30.1 Å². The van der Waals surface area contributed by atoms with Crippen molar-refractivity contribution in [1.29, 1.82) is 0 Å². The summed E-state index contributed by atoms with van der Waals surface area (Å²) in [5.74, 6) is -0.0459. The third kappa shape index (κ3) is 4.98. The molecule has 1 aliphatic rings. The fourth-order valence-corrected chi connectivity index (χ4v) is 5.42. The molecule has 0 saturated carbocycles. The zero-order chi connectivity index (χ0) is 27.8. The number of piperazine rings is 1. The van der Waals surface area contributed by atoms with Crippen LogP contribution in [-0.2, 0) is 6.54 Å². The van der Waals surface area contributed by atoms with Crippen molar-refractivity contribution in [3.63, 3.8) is 0 Å². The quantitative estimate of drug-likeness (QED) is 0.344. The molecule has 0 aliphatic carbocycles. The number of H-pyrrole nitrogens is 1. The molecule has 8 nitrogen and oxygen atoms in total. The first-order valence-corrected chi connectivity index (χ1v) is 13.3. The maximum absolute atomic E-state index is 13.7. The van der Waals surface area contributed by atoms with Crippen LogP contribution < -0.4 is 10.5 Å². The van der Waals surface area contributed by atoms with E-state index in [1.165, 1.54) is 24.3 Å². The normalized spacial score (nSPS) is 15.1. The van der Waals surface area contributed by atoms with Gasteiger partial charge in [0, 0.05) is 37.4 Å². The van der Waals surface area contributed by atoms with E-state index in [4.69, 9.17) is 0 Å². The second-order valence-corrected chi connectivity index (χ2v) is 10.2. The van der Waals surface area contributed by atoms with E-state index < -0.39 is 6.04 Å². The molecule has 5 aromatic rings. The molecular weight excluding hydrogens is 512 g/mol. The van der Waals surface area contributed by atoms with E-state index in [2.05, 4.69) is 36.4 Å². The molecule has 1 saturated heterocycles. The van der Waals surface area contributed by atoms with E-state index in [9.17, 15) is 13.6 Å². The van der Waals surface area contributed by atoms with Gasteiger partial charge in [-0.05, 0) is 88.8 Å². The van der Waals surface area contributed by atoms with Crippen molar-refractivity contribution < 1.29 is 8.78 Å². The second kappa shape index (κ2) is 10.6. The Balaban J connectivity index is 1.39. The summed E-state index contributed by atoms with van der Waals surface area (Å²) >= 11 is 0. The number of aryl methyl sites for hydroxylation is 2. The lowest BCUT2D eigenvalue weighted by molar-refractivity contribution is 0.200. The number of benzene rings is 3. The van der Waals surface area contributed by atoms with Gasteiger partial charge in [0.1, 0.15) is 17.7 Å². The number of nitrogens with zero attached hydrogens (tertiary/aromatic N) is 6. The van der Waals surface area contributed by atoms with E-state index in [0.29, 0.717) is 44.1 Å². The van der Waals surface area contributed by atoms with Gasteiger partial charge in [-0.1, -0.05) is 24.3 Å². The van der Waals surface area contributed by atoms with Crippen molar-refractivity contribution >= 4 is 16.6 Å². The monoisotopic (exact) mass is 541 g/mol. The Morgan fingerprint density at radius 1 is 0.900 bits per heavy atom. The van der Waals surface area contributed by atoms with Gasteiger partial charge in [-0.25, -0.2) is 13.5 Å². The molecule has 1 atom stereocenters. The van der Waals surface area contributed by atoms with E-state index in [-0.39, 0.29) is 17.2 Å². The number of rotatable bonds is 6. The number of fused-ring (bicyclic) bond motifs is 1. The van der Waals surface area contributed by atoms with Crippen LogP contribution in [0.4, 0.5) is 14.5 Å². The van der Waals surface area contributed by atoms with Crippen LogP contribution in [0, 0.1) is 25.5 Å². The van der Waals surface area contributed by atoms with Crippen molar-refractivity contribution in [3.05, 3.63) is 117 Å². The minimum absolute atomic E-state index is 0.191. The molecule has 3 aromatic carbocycles. The number of halogens is 2. The van der Waals surface area contributed by atoms with Crippen molar-refractivity contribution in [2.24, 2.45) is 0 Å². The number of anilines is 1. The average Bonchev–Trinajstić information content (AvgIpc) is 3.41. The fraction of sp³-hybridized carbons (Fsp3) is 0.267. The third-order valence-corrected chi connectivity index (χ3v) is 7.80. The number of tetrazole rings is 1. The Labute approximate surface area is 229 Å². The number of nitrogens with one attached hydrogen (secondary N) is 1. The standard InChI is InChI=1S/C30H29F2N7O/c1-19-3-6-22-17-26(30(40)33-27(22)20(19)2)28(29-34-35-36-39(29)18-21-4-7-23(31)8-5-21)38-15-13-37(14-16-38)25-11-9-24(32)10-12-25/h3-12,17,28H,13-16,18H2,1-2H3,(H,33,40)/t28-/m1/s1. The summed E-state index contributed by atoms with van der Waals surface area (Å²) in [6.07, 6.45) is 0. The SMILES string of the molecule is Cc1ccc2cc([C@H](c3nnnn3Cc3ccc(F)cc3)N3CCN(c4ccc(F)cc4)CC3)c(=O)[nH]c2c1C. The lowest BCUT2D eigenvalue weighted by Crippen LogP contribution is -2.49. The summed E-state index contributed by atoms with van der Waals surface area (Å²) in [5.41, 5.74) is 5.12. The maximum Gasteiger partial charge on any atom is 0.253 e. The van der Waals surface area contributed by atoms with Crippen molar-refractivity contribution in [2.45, 2.75) is 26.4 Å². The predicted octanol–water partition coefficient (Wildman–Crippen LogP) is 4.37. The minimum Gasteiger partial charge on any atom is -0.369 e. The van der Waals surface area contributed by atoms with E-state index in [0.717, 1.165) is 33.3 Å². The molecular formula is C30H29F2N7O. The largest absolute Gasteiger partial charge is 0.369 e. The number of aromatic nitrogens is 5. The zero-order valence-electron chi connectivity index (χ0n) is 22.3. The van der Waals surface area contributed by atoms with Gasteiger partial charge in [0.2, 0.25) is 0 Å². The Kier molecular flexibility index (Phi) is 6.85. The van der Waals surface area contributed by atoms with Crippen LogP contribution in [-0.4, -0.2) is 56.3 Å². The van der Waals surface area contributed by atoms with Gasteiger partial charge in [-0.15, -0.1) is 5.10 Å². The molecule has 1 aliphatic heterocycles. The van der Waals surface area contributed by atoms with Crippen LogP contribution in [0.2, 0.25) is 0 Å². The Morgan fingerprint density at radius 2 is 1.57 bits per heavy atom. The summed E-state index contributed by atoms with van der Waals surface area (Å²) in [7, 11) is 0. The second-order valence-electron chi connectivity index (χ2n) is 10.2. The van der Waals surface area contributed by atoms with Crippen LogP contribution in [0.15, 0.2) is 71.5 Å². The first-order valence-electron chi connectivity index (χ1n) is 13.3. The number of pyridine rings is 1. The molecule has 2 aromatic heterocycles. The highest BCUT2D eigenvalue weighted by atomic mass is 19.1. The molecule has 0 spiro atoms. The van der Waals surface area contributed by atoms with Crippen LogP contribution in [0.3, 0.4) is 0 Å². The summed E-state index contributed by atoms with van der Waals surface area (Å²) in [4.78, 5) is 21.2. The van der Waals surface area contributed by atoms with Crippen molar-refractivity contribution in [3.8, 4) is 0 Å². The van der Waals surface area contributed by atoms with Crippen LogP contribution in [0.25, 0.3) is 10.9 Å². The molecule has 0 radical (unpaired) electrons. The van der Waals surface area contributed by atoms with Gasteiger partial charge >= 0.3 is 0 Å². The van der Waals surface area contributed by atoms with Crippen LogP contribution in [0.1, 0.15) is 34.1 Å². The number of aromatic amines is 1. The van der Waals surface area contributed by atoms with Gasteiger partial charge in [0.25, 0.3) is 5.56 Å². The highest BCUT2D eigenvalue weighted by Gasteiger charge is 2.33. The Morgan fingerprint density at radius 3 is 2.27 bits per heavy atom. The van der Waals surface area contributed by atoms with Gasteiger partial charge in [-0.2, -0.15) is 0 Å². The van der Waals surface area contributed by atoms with E-state index in [1.54, 1.807) is 28.9 Å². The first kappa shape index (κ1) is 25.8. The molecule has 40 heavy (non-hydrogen) atoms. The van der Waals surface area contributed by atoms with Crippen LogP contribution in [0.5, 0.6) is 0 Å². The molecule has 1 fully saturated rings. The number of hydrogen-bond donors (Lipinski definition) is 1. The fourth-order valence-electron chi connectivity index (χ4n) is 5.42. The maximum atomic E-state index is 13.7. The Hall–Kier alpha value is -4.44. The molecule has 0 bridgehead atoms. The molecule has 6 rings (SSSR count). The van der Waals surface area contributed by atoms with E-state index in [1.807, 2.05) is 26.0 Å². The topological polar surface area (TPSA) is 82.9 Å². The first-order chi connectivity index (χ1) is 19.4. The summed E-state index contributed by atoms with van der Waals surface area (Å²) in [5, 5.41) is 13.5. The zero-order valence-corrected chi connectivity index (χ0v) is 22.3. The van der Waals surface area contributed by atoms with Gasteiger partial charge in [-0.3, -0.25) is 9.69 Å². The van der Waals surface area contributed by atoms with Crippen molar-refractivity contribution in [2.75, 3.05) is 31.1 Å². The molecule has 10 heteroatoms. The summed E-state index contributed by atoms with van der Waals surface area (Å²) < 4.78 is 28.7. The average molecular weight is 542 g/mol. The lowest BCUT2D eigenvalue weighted by Gasteiger charge is -2.39. The van der Waals surface area contributed by atoms with Gasteiger partial charge in [0.05, 0.1) is 12.1 Å². The molecule has 1 N–H and O–H groups in total. The van der Waals surface area contributed by atoms with Gasteiger partial charge < -0.3 is 9.88 Å². The molecule has 0 amide bonds.